The summed E-state index contributed by atoms with van der Waals surface area (Å²) in [5.74, 6) is -0.986. The second-order valence-electron chi connectivity index (χ2n) is 3.44. The smallest absolute Gasteiger partial charge is 0.422 e. The maximum atomic E-state index is 11.9. The van der Waals surface area contributed by atoms with E-state index in [2.05, 4.69) is 9.72 Å². The van der Waals surface area contributed by atoms with Gasteiger partial charge in [-0.05, 0) is 6.07 Å². The molecule has 0 aliphatic carbocycles. The molecule has 3 nitrogen and oxygen atoms in total. The molecule has 1 heterocycles. The van der Waals surface area contributed by atoms with E-state index in [-0.39, 0.29) is 5.56 Å². The second kappa shape index (κ2) is 4.12. The van der Waals surface area contributed by atoms with Crippen LogP contribution in [0.25, 0.3) is 10.9 Å². The minimum atomic E-state index is -4.51. The SMILES string of the molecule is O=C(OCC(F)(F)F)c1c[nH]c2ccccc12. The summed E-state index contributed by atoms with van der Waals surface area (Å²) in [5.41, 5.74) is 0.774. The van der Waals surface area contributed by atoms with Crippen LogP contribution in [0.3, 0.4) is 0 Å². The van der Waals surface area contributed by atoms with Gasteiger partial charge < -0.3 is 9.72 Å². The predicted molar refractivity (Wildman–Crippen MR) is 54.6 cm³/mol. The highest BCUT2D eigenvalue weighted by Gasteiger charge is 2.30. The van der Waals surface area contributed by atoms with Crippen LogP contribution in [-0.2, 0) is 4.74 Å². The third-order valence-electron chi connectivity index (χ3n) is 2.18. The lowest BCUT2D eigenvalue weighted by molar-refractivity contribution is -0.161. The Hall–Kier alpha value is -1.98. The Morgan fingerprint density at radius 2 is 2.00 bits per heavy atom. The van der Waals surface area contributed by atoms with E-state index in [1.165, 1.54) is 6.20 Å². The molecule has 0 aliphatic heterocycles. The zero-order valence-corrected chi connectivity index (χ0v) is 8.54. The van der Waals surface area contributed by atoms with Crippen molar-refractivity contribution in [3.8, 4) is 0 Å². The van der Waals surface area contributed by atoms with Crippen LogP contribution in [0, 0.1) is 0 Å². The molecule has 17 heavy (non-hydrogen) atoms. The number of ether oxygens (including phenoxy) is 1. The first-order chi connectivity index (χ1) is 7.97. The monoisotopic (exact) mass is 243 g/mol. The molecule has 1 aromatic carbocycles. The van der Waals surface area contributed by atoms with Crippen LogP contribution in [0.5, 0.6) is 0 Å². The molecule has 0 amide bonds. The molecule has 2 aromatic rings. The number of aromatic amines is 1. The van der Waals surface area contributed by atoms with Crippen molar-refractivity contribution in [3.05, 3.63) is 36.0 Å². The van der Waals surface area contributed by atoms with Gasteiger partial charge in [0.2, 0.25) is 0 Å². The number of carbonyl (C=O) groups excluding carboxylic acids is 1. The molecule has 0 unspecified atom stereocenters. The predicted octanol–water partition coefficient (Wildman–Crippen LogP) is 2.89. The van der Waals surface area contributed by atoms with Crippen LogP contribution in [0.1, 0.15) is 10.4 Å². The number of alkyl halides is 3. The van der Waals surface area contributed by atoms with E-state index in [9.17, 15) is 18.0 Å². The fraction of sp³-hybridized carbons (Fsp3) is 0.182. The Balaban J connectivity index is 2.20. The van der Waals surface area contributed by atoms with Gasteiger partial charge in [0.1, 0.15) is 0 Å². The summed E-state index contributed by atoms with van der Waals surface area (Å²) >= 11 is 0. The fourth-order valence-corrected chi connectivity index (χ4v) is 1.47. The topological polar surface area (TPSA) is 42.1 Å². The summed E-state index contributed by atoms with van der Waals surface area (Å²) in [4.78, 5) is 14.2. The summed E-state index contributed by atoms with van der Waals surface area (Å²) in [6, 6.07) is 6.80. The Labute approximate surface area is 94.2 Å². The zero-order chi connectivity index (χ0) is 12.5. The van der Waals surface area contributed by atoms with Crippen LogP contribution in [0.15, 0.2) is 30.5 Å². The normalized spacial score (nSPS) is 11.7. The molecule has 0 saturated carbocycles. The number of benzene rings is 1. The van der Waals surface area contributed by atoms with Gasteiger partial charge >= 0.3 is 12.1 Å². The standard InChI is InChI=1S/C11H8F3NO2/c12-11(13,14)6-17-10(16)8-5-15-9-4-2-1-3-7(8)9/h1-5,15H,6H2. The minimum absolute atomic E-state index is 0.102. The van der Waals surface area contributed by atoms with Crippen molar-refractivity contribution in [2.24, 2.45) is 0 Å². The number of halogens is 3. The molecule has 2 rings (SSSR count). The van der Waals surface area contributed by atoms with Crippen molar-refractivity contribution < 1.29 is 22.7 Å². The number of H-pyrrole nitrogens is 1. The third kappa shape index (κ3) is 2.58. The van der Waals surface area contributed by atoms with E-state index < -0.39 is 18.8 Å². The molecule has 0 spiro atoms. The Morgan fingerprint density at radius 3 is 2.71 bits per heavy atom. The van der Waals surface area contributed by atoms with E-state index in [1.54, 1.807) is 24.3 Å². The van der Waals surface area contributed by atoms with Crippen LogP contribution in [-0.4, -0.2) is 23.7 Å². The maximum Gasteiger partial charge on any atom is 0.422 e. The van der Waals surface area contributed by atoms with Crippen molar-refractivity contribution in [1.82, 2.24) is 4.98 Å². The summed E-state index contributed by atoms with van der Waals surface area (Å²) in [6.07, 6.45) is -3.18. The molecule has 0 radical (unpaired) electrons. The molecular weight excluding hydrogens is 235 g/mol. The van der Waals surface area contributed by atoms with Gasteiger partial charge in [-0.1, -0.05) is 18.2 Å². The highest BCUT2D eigenvalue weighted by Crippen LogP contribution is 2.20. The van der Waals surface area contributed by atoms with E-state index >= 15 is 0 Å². The van der Waals surface area contributed by atoms with E-state index in [4.69, 9.17) is 0 Å². The number of hydrogen-bond donors (Lipinski definition) is 1. The van der Waals surface area contributed by atoms with Gasteiger partial charge in [0.15, 0.2) is 6.61 Å². The molecule has 1 aromatic heterocycles. The first kappa shape index (κ1) is 11.5. The number of rotatable bonds is 2. The van der Waals surface area contributed by atoms with Crippen molar-refractivity contribution in [2.45, 2.75) is 6.18 Å². The fourth-order valence-electron chi connectivity index (χ4n) is 1.47. The lowest BCUT2D eigenvalue weighted by Crippen LogP contribution is -2.20. The van der Waals surface area contributed by atoms with Gasteiger partial charge in [0.05, 0.1) is 5.56 Å². The molecule has 0 fully saturated rings. The largest absolute Gasteiger partial charge is 0.452 e. The minimum Gasteiger partial charge on any atom is -0.452 e. The van der Waals surface area contributed by atoms with Gasteiger partial charge in [-0.3, -0.25) is 0 Å². The maximum absolute atomic E-state index is 11.9. The summed E-state index contributed by atoms with van der Waals surface area (Å²) < 4.78 is 39.8. The Bertz CT molecular complexity index is 545. The van der Waals surface area contributed by atoms with Crippen molar-refractivity contribution >= 4 is 16.9 Å². The molecule has 6 heteroatoms. The molecule has 1 N–H and O–H groups in total. The van der Waals surface area contributed by atoms with E-state index in [0.717, 1.165) is 0 Å². The molecular formula is C11H8F3NO2. The summed E-state index contributed by atoms with van der Waals surface area (Å²) in [6.45, 7) is -1.58. The number of carbonyl (C=O) groups is 1. The number of para-hydroxylation sites is 1. The van der Waals surface area contributed by atoms with Crippen molar-refractivity contribution in [2.75, 3.05) is 6.61 Å². The highest BCUT2D eigenvalue weighted by atomic mass is 19.4. The van der Waals surface area contributed by atoms with E-state index in [0.29, 0.717) is 10.9 Å². The number of aromatic nitrogens is 1. The number of esters is 1. The first-order valence-electron chi connectivity index (χ1n) is 4.77. The summed E-state index contributed by atoms with van der Waals surface area (Å²) in [5, 5.41) is 0.541. The number of nitrogens with one attached hydrogen (secondary N) is 1. The second-order valence-corrected chi connectivity index (χ2v) is 3.44. The molecule has 0 aliphatic rings. The van der Waals surface area contributed by atoms with Gasteiger partial charge in [0.25, 0.3) is 0 Å². The van der Waals surface area contributed by atoms with Crippen molar-refractivity contribution in [1.29, 1.82) is 0 Å². The molecule has 0 atom stereocenters. The molecule has 90 valence electrons. The third-order valence-corrected chi connectivity index (χ3v) is 2.18. The van der Waals surface area contributed by atoms with Crippen LogP contribution >= 0.6 is 0 Å². The summed E-state index contributed by atoms with van der Waals surface area (Å²) in [7, 11) is 0. The molecule has 0 bridgehead atoms. The van der Waals surface area contributed by atoms with Gasteiger partial charge in [-0.2, -0.15) is 13.2 Å². The quantitative estimate of drug-likeness (QED) is 0.824. The lowest BCUT2D eigenvalue weighted by Gasteiger charge is -2.06. The number of hydrogen-bond acceptors (Lipinski definition) is 2. The first-order valence-corrected chi connectivity index (χ1v) is 4.77. The average molecular weight is 243 g/mol. The van der Waals surface area contributed by atoms with Gasteiger partial charge in [0, 0.05) is 17.1 Å². The van der Waals surface area contributed by atoms with Gasteiger partial charge in [-0.15, -0.1) is 0 Å². The number of fused-ring (bicyclic) bond motifs is 1. The van der Waals surface area contributed by atoms with Gasteiger partial charge in [-0.25, -0.2) is 4.79 Å². The van der Waals surface area contributed by atoms with Crippen LogP contribution in [0.4, 0.5) is 13.2 Å². The zero-order valence-electron chi connectivity index (χ0n) is 8.54. The Morgan fingerprint density at radius 1 is 1.29 bits per heavy atom. The Kier molecular flexibility index (Phi) is 2.79. The van der Waals surface area contributed by atoms with Crippen molar-refractivity contribution in [3.63, 3.8) is 0 Å². The van der Waals surface area contributed by atoms with E-state index in [1.807, 2.05) is 0 Å². The molecule has 0 saturated heterocycles. The highest BCUT2D eigenvalue weighted by molar-refractivity contribution is 6.03. The average Bonchev–Trinajstić information content (AvgIpc) is 2.68. The lowest BCUT2D eigenvalue weighted by atomic mass is 10.2. The van der Waals surface area contributed by atoms with Crippen LogP contribution in [0.2, 0.25) is 0 Å². The van der Waals surface area contributed by atoms with Crippen LogP contribution < -0.4 is 0 Å².